The Kier molecular flexibility index (Phi) is 6.93. The van der Waals surface area contributed by atoms with Gasteiger partial charge < -0.3 is 15.0 Å². The van der Waals surface area contributed by atoms with Crippen molar-refractivity contribution in [2.24, 2.45) is 5.41 Å². The molecular weight excluding hydrogens is 486 g/mol. The van der Waals surface area contributed by atoms with Crippen molar-refractivity contribution in [1.82, 2.24) is 10.3 Å². The van der Waals surface area contributed by atoms with Gasteiger partial charge in [-0.05, 0) is 51.0 Å². The van der Waals surface area contributed by atoms with E-state index in [-0.39, 0.29) is 25.1 Å². The number of carbonyl (C=O) groups is 2. The molecule has 6 nitrogen and oxygen atoms in total. The number of benzene rings is 1. The Morgan fingerprint density at radius 1 is 1.14 bits per heavy atom. The molecule has 4 rings (SSSR count). The molecule has 0 spiro atoms. The number of morpholine rings is 1. The highest BCUT2D eigenvalue weighted by Crippen LogP contribution is 2.53. The van der Waals surface area contributed by atoms with Crippen LogP contribution in [0, 0.1) is 11.2 Å². The molecular formula is C24H27F4N3O3S. The molecule has 2 heterocycles. The lowest BCUT2D eigenvalue weighted by Crippen LogP contribution is -2.61. The van der Waals surface area contributed by atoms with E-state index in [1.165, 1.54) is 37.3 Å². The Bertz CT molecular complexity index is 1090. The molecule has 190 valence electrons. The number of hydrogen-bond donors (Lipinski definition) is 1. The van der Waals surface area contributed by atoms with Crippen molar-refractivity contribution >= 4 is 28.0 Å². The number of amides is 1. The molecule has 0 unspecified atom stereocenters. The lowest BCUT2D eigenvalue weighted by atomic mass is 9.67. The molecule has 1 aromatic heterocycles. The molecule has 1 N–H and O–H groups in total. The third-order valence-corrected chi connectivity index (χ3v) is 7.80. The average molecular weight is 514 g/mol. The summed E-state index contributed by atoms with van der Waals surface area (Å²) in [5, 5.41) is 3.63. The summed E-state index contributed by atoms with van der Waals surface area (Å²) in [7, 11) is 0. The van der Waals surface area contributed by atoms with Crippen LogP contribution < -0.4 is 10.2 Å². The van der Waals surface area contributed by atoms with Gasteiger partial charge >= 0.3 is 6.18 Å². The summed E-state index contributed by atoms with van der Waals surface area (Å²) in [5.74, 6) is -1.99. The van der Waals surface area contributed by atoms with Gasteiger partial charge in [0.15, 0.2) is 5.78 Å². The van der Waals surface area contributed by atoms with E-state index < -0.39 is 28.8 Å². The number of aromatic nitrogens is 1. The second-order valence-electron chi connectivity index (χ2n) is 9.48. The van der Waals surface area contributed by atoms with E-state index in [9.17, 15) is 27.2 Å². The van der Waals surface area contributed by atoms with E-state index in [4.69, 9.17) is 4.74 Å². The van der Waals surface area contributed by atoms with Gasteiger partial charge in [-0.15, -0.1) is 11.3 Å². The van der Waals surface area contributed by atoms with Crippen molar-refractivity contribution in [2.45, 2.75) is 51.2 Å². The second kappa shape index (κ2) is 9.50. The fourth-order valence-electron chi connectivity index (χ4n) is 4.21. The number of carbonyl (C=O) groups excluding carboxylic acids is 2. The summed E-state index contributed by atoms with van der Waals surface area (Å²) in [4.78, 5) is 32.4. The van der Waals surface area contributed by atoms with Crippen LogP contribution >= 0.6 is 11.3 Å². The first-order valence-electron chi connectivity index (χ1n) is 11.4. The number of rotatable bonds is 7. The molecule has 1 saturated heterocycles. The minimum absolute atomic E-state index is 0.157. The molecule has 1 aliphatic heterocycles. The van der Waals surface area contributed by atoms with Crippen LogP contribution in [-0.2, 0) is 20.7 Å². The van der Waals surface area contributed by atoms with Crippen LogP contribution in [-0.4, -0.2) is 54.7 Å². The van der Waals surface area contributed by atoms with Crippen LogP contribution in [0.1, 0.15) is 38.1 Å². The van der Waals surface area contributed by atoms with Gasteiger partial charge in [0.05, 0.1) is 25.2 Å². The molecule has 1 aliphatic carbocycles. The maximum atomic E-state index is 13.5. The molecule has 0 atom stereocenters. The Hall–Kier alpha value is -2.53. The van der Waals surface area contributed by atoms with Gasteiger partial charge in [-0.25, -0.2) is 9.37 Å². The van der Waals surface area contributed by atoms with Crippen LogP contribution in [0.3, 0.4) is 0 Å². The van der Waals surface area contributed by atoms with E-state index >= 15 is 0 Å². The number of alkyl halides is 3. The first-order valence-corrected chi connectivity index (χ1v) is 12.3. The standard InChI is InChI=1S/C24H27F4N3O3S/c1-22(2,30-21(33)23(8-3-9-23)24(26,27)28)17(32)14-18-29-19(15-4-6-16(25)7-5-15)20(35-18)31-10-12-34-13-11-31/h4-7H,3,8-14H2,1-2H3,(H,30,33). The third-order valence-electron chi connectivity index (χ3n) is 6.69. The third kappa shape index (κ3) is 5.06. The molecule has 11 heteroatoms. The van der Waals surface area contributed by atoms with Gasteiger partial charge in [0, 0.05) is 18.7 Å². The quantitative estimate of drug-likeness (QED) is 0.551. The molecule has 1 aromatic carbocycles. The molecule has 0 bridgehead atoms. The predicted octanol–water partition coefficient (Wildman–Crippen LogP) is 4.52. The number of Topliss-reactive ketones (excluding diaryl/α,β-unsaturated/α-hetero) is 1. The smallest absolute Gasteiger partial charge is 0.378 e. The summed E-state index contributed by atoms with van der Waals surface area (Å²) >= 11 is 1.31. The SMILES string of the molecule is CC(C)(NC(=O)C1(C(F)(F)F)CCC1)C(=O)Cc1nc(-c2ccc(F)cc2)c(N2CCOCC2)s1. The zero-order valence-electron chi connectivity index (χ0n) is 19.5. The van der Waals surface area contributed by atoms with Crippen molar-refractivity contribution in [1.29, 1.82) is 0 Å². The summed E-state index contributed by atoms with van der Waals surface area (Å²) in [6.07, 6.45) is -5.06. The average Bonchev–Trinajstić information content (AvgIpc) is 3.16. The number of anilines is 1. The summed E-state index contributed by atoms with van der Waals surface area (Å²) < 4.78 is 59.5. The Balaban J connectivity index is 1.55. The highest BCUT2D eigenvalue weighted by molar-refractivity contribution is 7.16. The van der Waals surface area contributed by atoms with Crippen LogP contribution in [0.15, 0.2) is 24.3 Å². The van der Waals surface area contributed by atoms with Crippen LogP contribution in [0.2, 0.25) is 0 Å². The van der Waals surface area contributed by atoms with E-state index in [0.717, 1.165) is 5.00 Å². The summed E-state index contributed by atoms with van der Waals surface area (Å²) in [6, 6.07) is 5.88. The minimum atomic E-state index is -4.67. The van der Waals surface area contributed by atoms with Crippen LogP contribution in [0.5, 0.6) is 0 Å². The zero-order valence-corrected chi connectivity index (χ0v) is 20.3. The molecule has 0 radical (unpaired) electrons. The molecule has 35 heavy (non-hydrogen) atoms. The number of hydrogen-bond acceptors (Lipinski definition) is 6. The van der Waals surface area contributed by atoms with E-state index in [2.05, 4.69) is 15.2 Å². The highest BCUT2D eigenvalue weighted by atomic mass is 32.1. The van der Waals surface area contributed by atoms with Gasteiger partial charge in [-0.2, -0.15) is 13.2 Å². The topological polar surface area (TPSA) is 71.5 Å². The van der Waals surface area contributed by atoms with Crippen molar-refractivity contribution in [3.05, 3.63) is 35.1 Å². The number of thiazole rings is 1. The summed E-state index contributed by atoms with van der Waals surface area (Å²) in [6.45, 7) is 5.15. The fraction of sp³-hybridized carbons (Fsp3) is 0.542. The predicted molar refractivity (Wildman–Crippen MR) is 124 cm³/mol. The minimum Gasteiger partial charge on any atom is -0.378 e. The molecule has 2 aromatic rings. The van der Waals surface area contributed by atoms with E-state index in [1.807, 2.05) is 0 Å². The van der Waals surface area contributed by atoms with Crippen molar-refractivity contribution in [3.8, 4) is 11.3 Å². The van der Waals surface area contributed by atoms with E-state index in [1.54, 1.807) is 12.1 Å². The highest BCUT2D eigenvalue weighted by Gasteiger charge is 2.64. The second-order valence-corrected chi connectivity index (χ2v) is 10.5. The maximum absolute atomic E-state index is 13.5. The first kappa shape index (κ1) is 25.6. The maximum Gasteiger partial charge on any atom is 0.403 e. The van der Waals surface area contributed by atoms with E-state index in [0.29, 0.717) is 49.0 Å². The monoisotopic (exact) mass is 513 g/mol. The van der Waals surface area contributed by atoms with Gasteiger partial charge in [-0.3, -0.25) is 9.59 Å². The lowest BCUT2D eigenvalue weighted by Gasteiger charge is -2.43. The van der Waals surface area contributed by atoms with Gasteiger partial charge in [0.25, 0.3) is 0 Å². The Morgan fingerprint density at radius 2 is 1.77 bits per heavy atom. The first-order chi connectivity index (χ1) is 16.4. The number of halogens is 4. The number of ether oxygens (including phenoxy) is 1. The fourth-order valence-corrected chi connectivity index (χ4v) is 5.34. The molecule has 2 aliphatic rings. The van der Waals surface area contributed by atoms with Gasteiger partial charge in [0.2, 0.25) is 5.91 Å². The van der Waals surface area contributed by atoms with Crippen LogP contribution in [0.4, 0.5) is 22.6 Å². The normalized spacial score (nSPS) is 18.2. The largest absolute Gasteiger partial charge is 0.403 e. The van der Waals surface area contributed by atoms with Crippen LogP contribution in [0.25, 0.3) is 11.3 Å². The zero-order chi connectivity index (χ0) is 25.4. The van der Waals surface area contributed by atoms with Gasteiger partial charge in [-0.1, -0.05) is 6.42 Å². The molecule has 1 saturated carbocycles. The Labute approximate surface area is 204 Å². The molecule has 2 fully saturated rings. The summed E-state index contributed by atoms with van der Waals surface area (Å²) in [5.41, 5.74) is -2.64. The number of nitrogens with one attached hydrogen (secondary N) is 1. The Morgan fingerprint density at radius 3 is 2.31 bits per heavy atom. The van der Waals surface area contributed by atoms with Crippen molar-refractivity contribution in [2.75, 3.05) is 31.2 Å². The van der Waals surface area contributed by atoms with Gasteiger partial charge in [0.1, 0.15) is 26.9 Å². The molecule has 1 amide bonds. The number of nitrogens with zero attached hydrogens (tertiary/aromatic N) is 2. The van der Waals surface area contributed by atoms with Crippen molar-refractivity contribution in [3.63, 3.8) is 0 Å². The van der Waals surface area contributed by atoms with Crippen molar-refractivity contribution < 1.29 is 31.9 Å². The lowest BCUT2D eigenvalue weighted by molar-refractivity contribution is -0.243. The number of ketones is 1.